The molecule has 0 aromatic heterocycles. The van der Waals surface area contributed by atoms with Crippen molar-refractivity contribution in [3.8, 4) is 0 Å². The summed E-state index contributed by atoms with van der Waals surface area (Å²) in [6.45, 7) is 9.05. The van der Waals surface area contributed by atoms with Gasteiger partial charge in [0.1, 0.15) is 13.2 Å². The third-order valence-electron chi connectivity index (χ3n) is 12.8. The molecule has 0 rings (SSSR count). The second-order valence-electron chi connectivity index (χ2n) is 19.7. The molecule has 0 unspecified atom stereocenters. The Bertz CT molecular complexity index is 933. The summed E-state index contributed by atoms with van der Waals surface area (Å²) in [5, 5.41) is 0. The SMILES string of the molecule is CCCCCCCCCCCCCCCCCCC(=O)OC[C@@H](COC(=O)CCCCCCCCCCCCCCC)OC(=O)CCCCCCCCCCCCCCC(C)C. The highest BCUT2D eigenvalue weighted by molar-refractivity contribution is 5.71. The van der Waals surface area contributed by atoms with Crippen molar-refractivity contribution < 1.29 is 28.6 Å². The number of hydrogen-bond acceptors (Lipinski definition) is 6. The number of unbranched alkanes of at least 4 members (excludes halogenated alkanes) is 38. The second-order valence-corrected chi connectivity index (χ2v) is 19.7. The topological polar surface area (TPSA) is 78.9 Å². The van der Waals surface area contributed by atoms with E-state index in [1.807, 2.05) is 0 Å². The lowest BCUT2D eigenvalue weighted by molar-refractivity contribution is -0.167. The quantitative estimate of drug-likeness (QED) is 0.0344. The first-order valence-electron chi connectivity index (χ1n) is 27.9. The predicted octanol–water partition coefficient (Wildman–Crippen LogP) is 18.2. The molecular formula is C56H108O6. The zero-order chi connectivity index (χ0) is 45.2. The van der Waals surface area contributed by atoms with E-state index in [0.29, 0.717) is 19.3 Å². The van der Waals surface area contributed by atoms with Gasteiger partial charge in [-0.3, -0.25) is 14.4 Å². The first-order valence-corrected chi connectivity index (χ1v) is 27.9. The molecule has 0 radical (unpaired) electrons. The Hall–Kier alpha value is -1.59. The Morgan fingerprint density at radius 2 is 0.532 bits per heavy atom. The van der Waals surface area contributed by atoms with Crippen molar-refractivity contribution in [2.24, 2.45) is 5.92 Å². The molecule has 0 aromatic carbocycles. The normalized spacial score (nSPS) is 12.0. The van der Waals surface area contributed by atoms with Crippen LogP contribution in [0.15, 0.2) is 0 Å². The van der Waals surface area contributed by atoms with Crippen molar-refractivity contribution in [1.29, 1.82) is 0 Å². The second kappa shape index (κ2) is 50.4. The van der Waals surface area contributed by atoms with E-state index in [1.165, 1.54) is 212 Å². The molecule has 0 aliphatic carbocycles. The average Bonchev–Trinajstić information content (AvgIpc) is 3.26. The third kappa shape index (κ3) is 49.4. The fraction of sp³-hybridized carbons (Fsp3) is 0.946. The fourth-order valence-corrected chi connectivity index (χ4v) is 8.57. The van der Waals surface area contributed by atoms with Crippen LogP contribution in [0.5, 0.6) is 0 Å². The summed E-state index contributed by atoms with van der Waals surface area (Å²) in [6, 6.07) is 0. The van der Waals surface area contributed by atoms with Crippen LogP contribution >= 0.6 is 0 Å². The molecule has 1 atom stereocenters. The molecule has 0 fully saturated rings. The highest BCUT2D eigenvalue weighted by Crippen LogP contribution is 2.18. The predicted molar refractivity (Wildman–Crippen MR) is 266 cm³/mol. The molecule has 0 saturated heterocycles. The summed E-state index contributed by atoms with van der Waals surface area (Å²) in [7, 11) is 0. The maximum Gasteiger partial charge on any atom is 0.306 e. The summed E-state index contributed by atoms with van der Waals surface area (Å²) in [4.78, 5) is 38.1. The van der Waals surface area contributed by atoms with Gasteiger partial charge in [0.05, 0.1) is 0 Å². The summed E-state index contributed by atoms with van der Waals surface area (Å²) in [6.07, 6.45) is 53.7. The highest BCUT2D eigenvalue weighted by atomic mass is 16.6. The smallest absolute Gasteiger partial charge is 0.306 e. The first kappa shape index (κ1) is 60.4. The number of ether oxygens (including phenoxy) is 3. The van der Waals surface area contributed by atoms with Crippen LogP contribution in [0.2, 0.25) is 0 Å². The molecule has 0 saturated carbocycles. The van der Waals surface area contributed by atoms with Gasteiger partial charge in [-0.25, -0.2) is 0 Å². The molecule has 6 heteroatoms. The summed E-state index contributed by atoms with van der Waals surface area (Å²) in [5.41, 5.74) is 0. The molecule has 0 N–H and O–H groups in total. The van der Waals surface area contributed by atoms with Gasteiger partial charge in [-0.05, 0) is 25.2 Å². The van der Waals surface area contributed by atoms with Gasteiger partial charge in [-0.15, -0.1) is 0 Å². The van der Waals surface area contributed by atoms with Gasteiger partial charge in [-0.1, -0.05) is 278 Å². The minimum atomic E-state index is -0.761. The van der Waals surface area contributed by atoms with E-state index in [1.54, 1.807) is 0 Å². The third-order valence-corrected chi connectivity index (χ3v) is 12.8. The van der Waals surface area contributed by atoms with E-state index < -0.39 is 6.10 Å². The standard InChI is InChI=1S/C56H108O6/c1-5-7-9-11-13-15-17-19-20-21-23-28-32-36-40-44-48-55(58)61-51-53(50-60-54(57)47-43-39-35-31-27-22-18-16-14-12-10-8-6-2)62-56(59)49-45-41-37-33-29-25-24-26-30-34-38-42-46-52(3)4/h52-53H,5-51H2,1-4H3/t53-/m1/s1. The lowest BCUT2D eigenvalue weighted by Crippen LogP contribution is -2.30. The lowest BCUT2D eigenvalue weighted by atomic mass is 10.0. The monoisotopic (exact) mass is 877 g/mol. The molecule has 6 nitrogen and oxygen atoms in total. The van der Waals surface area contributed by atoms with E-state index in [0.717, 1.165) is 63.7 Å². The van der Waals surface area contributed by atoms with Crippen LogP contribution in [0.3, 0.4) is 0 Å². The van der Waals surface area contributed by atoms with E-state index >= 15 is 0 Å². The summed E-state index contributed by atoms with van der Waals surface area (Å²) in [5.74, 6) is -0.00593. The minimum Gasteiger partial charge on any atom is -0.462 e. The van der Waals surface area contributed by atoms with E-state index in [2.05, 4.69) is 27.7 Å². The number of carbonyl (C=O) groups is 3. The van der Waals surface area contributed by atoms with E-state index in [9.17, 15) is 14.4 Å². The van der Waals surface area contributed by atoms with E-state index in [4.69, 9.17) is 14.2 Å². The van der Waals surface area contributed by atoms with Crippen molar-refractivity contribution in [1.82, 2.24) is 0 Å². The molecule has 368 valence electrons. The van der Waals surface area contributed by atoms with Crippen LogP contribution in [0, 0.1) is 5.92 Å². The number of hydrogen-bond donors (Lipinski definition) is 0. The molecule has 0 amide bonds. The van der Waals surface area contributed by atoms with Crippen LogP contribution in [-0.2, 0) is 28.6 Å². The van der Waals surface area contributed by atoms with Gasteiger partial charge < -0.3 is 14.2 Å². The Kier molecular flexibility index (Phi) is 49.1. The summed E-state index contributed by atoms with van der Waals surface area (Å²) < 4.78 is 16.9. The number of rotatable bonds is 51. The maximum absolute atomic E-state index is 12.8. The maximum atomic E-state index is 12.8. The molecule has 0 aliphatic heterocycles. The number of esters is 3. The van der Waals surface area contributed by atoms with Gasteiger partial charge in [0.2, 0.25) is 0 Å². The molecule has 0 aromatic rings. The highest BCUT2D eigenvalue weighted by Gasteiger charge is 2.19. The number of carbonyl (C=O) groups excluding carboxylic acids is 3. The van der Waals surface area contributed by atoms with Crippen LogP contribution in [0.4, 0.5) is 0 Å². The van der Waals surface area contributed by atoms with Crippen molar-refractivity contribution >= 4 is 17.9 Å². The largest absolute Gasteiger partial charge is 0.462 e. The molecule has 0 aliphatic rings. The fourth-order valence-electron chi connectivity index (χ4n) is 8.57. The van der Waals surface area contributed by atoms with Gasteiger partial charge in [0, 0.05) is 19.3 Å². The van der Waals surface area contributed by atoms with Gasteiger partial charge >= 0.3 is 17.9 Å². The molecule has 0 bridgehead atoms. The minimum absolute atomic E-state index is 0.0621. The summed E-state index contributed by atoms with van der Waals surface area (Å²) >= 11 is 0. The average molecular weight is 877 g/mol. The Morgan fingerprint density at radius 3 is 0.790 bits per heavy atom. The Labute approximate surface area is 387 Å². The molecule has 0 spiro atoms. The van der Waals surface area contributed by atoms with Gasteiger partial charge in [0.25, 0.3) is 0 Å². The van der Waals surface area contributed by atoms with Crippen LogP contribution < -0.4 is 0 Å². The van der Waals surface area contributed by atoms with Crippen molar-refractivity contribution in [3.63, 3.8) is 0 Å². The van der Waals surface area contributed by atoms with Crippen molar-refractivity contribution in [2.75, 3.05) is 13.2 Å². The molecule has 62 heavy (non-hydrogen) atoms. The van der Waals surface area contributed by atoms with Crippen LogP contribution in [-0.4, -0.2) is 37.2 Å². The van der Waals surface area contributed by atoms with Gasteiger partial charge in [0.15, 0.2) is 6.10 Å². The Morgan fingerprint density at radius 1 is 0.306 bits per heavy atom. The van der Waals surface area contributed by atoms with Gasteiger partial charge in [-0.2, -0.15) is 0 Å². The van der Waals surface area contributed by atoms with Crippen molar-refractivity contribution in [3.05, 3.63) is 0 Å². The van der Waals surface area contributed by atoms with E-state index in [-0.39, 0.29) is 31.1 Å². The van der Waals surface area contributed by atoms with Crippen LogP contribution in [0.1, 0.15) is 317 Å². The zero-order valence-electron chi connectivity index (χ0n) is 42.3. The lowest BCUT2D eigenvalue weighted by Gasteiger charge is -2.18. The van der Waals surface area contributed by atoms with Crippen LogP contribution in [0.25, 0.3) is 0 Å². The first-order chi connectivity index (χ1) is 30.4. The molecular weight excluding hydrogens is 769 g/mol. The van der Waals surface area contributed by atoms with Crippen molar-refractivity contribution in [2.45, 2.75) is 323 Å². The molecule has 0 heterocycles. The Balaban J connectivity index is 4.30. The zero-order valence-corrected chi connectivity index (χ0v) is 42.3.